The molecule has 2 N–H and O–H groups in total. The van der Waals surface area contributed by atoms with E-state index < -0.39 is 17.9 Å². The number of carboxylic acid groups (broad SMARTS) is 1. The number of nitrogens with one attached hydrogen (secondary N) is 1. The maximum Gasteiger partial charge on any atom is 0.326 e. The Morgan fingerprint density at radius 1 is 0.897 bits per heavy atom. The third-order valence-corrected chi connectivity index (χ3v) is 6.60. The summed E-state index contributed by atoms with van der Waals surface area (Å²) in [5, 5.41) is 12.5. The van der Waals surface area contributed by atoms with Gasteiger partial charge in [0.1, 0.15) is 23.3 Å². The molecule has 6 nitrogen and oxygen atoms in total. The molecule has 4 aromatic rings. The van der Waals surface area contributed by atoms with Crippen LogP contribution in [0, 0.1) is 0 Å². The van der Waals surface area contributed by atoms with E-state index in [4.69, 9.17) is 9.47 Å². The Hall–Kier alpha value is -4.10. The van der Waals surface area contributed by atoms with E-state index in [0.29, 0.717) is 16.8 Å². The van der Waals surface area contributed by atoms with E-state index in [1.54, 1.807) is 18.2 Å². The lowest BCUT2D eigenvalue weighted by Crippen LogP contribution is -2.42. The van der Waals surface area contributed by atoms with E-state index in [0.717, 1.165) is 41.0 Å². The molecule has 0 aliphatic rings. The van der Waals surface area contributed by atoms with Crippen LogP contribution in [0.25, 0.3) is 11.1 Å². The first-order valence-electron chi connectivity index (χ1n) is 12.8. The lowest BCUT2D eigenvalue weighted by molar-refractivity contribution is -0.139. The molecule has 0 aromatic heterocycles. The van der Waals surface area contributed by atoms with Gasteiger partial charge in [-0.25, -0.2) is 4.79 Å². The number of hydrogen-bond donors (Lipinski definition) is 2. The number of ether oxygens (including phenoxy) is 2. The molecule has 4 rings (SSSR count). The molecule has 200 valence electrons. The van der Waals surface area contributed by atoms with Crippen LogP contribution in [0.4, 0.5) is 0 Å². The summed E-state index contributed by atoms with van der Waals surface area (Å²) in [4.78, 5) is 25.2. The van der Waals surface area contributed by atoms with Gasteiger partial charge in [-0.2, -0.15) is 0 Å². The first kappa shape index (κ1) is 27.9. The van der Waals surface area contributed by atoms with Gasteiger partial charge in [-0.15, -0.1) is 0 Å². The molecule has 0 spiro atoms. The van der Waals surface area contributed by atoms with Gasteiger partial charge in [0.2, 0.25) is 0 Å². The van der Waals surface area contributed by atoms with E-state index in [2.05, 4.69) is 28.2 Å². The SMILES string of the molecule is CCCCOc1ccc(Br)cc1C(=O)NC(Cc1ccc(-c2ccccc2Oc2ccccc2)cc1)C(=O)O. The van der Waals surface area contributed by atoms with Crippen LogP contribution >= 0.6 is 15.9 Å². The van der Waals surface area contributed by atoms with Crippen molar-refractivity contribution in [3.8, 4) is 28.4 Å². The molecule has 0 aliphatic heterocycles. The molecule has 4 aromatic carbocycles. The predicted octanol–water partition coefficient (Wildman–Crippen LogP) is 7.51. The fraction of sp³-hybridized carbons (Fsp3) is 0.188. The summed E-state index contributed by atoms with van der Waals surface area (Å²) in [7, 11) is 0. The number of rotatable bonds is 12. The normalized spacial score (nSPS) is 11.4. The number of benzene rings is 4. The second kappa shape index (κ2) is 13.6. The molecular weight excluding hydrogens is 558 g/mol. The van der Waals surface area contributed by atoms with Crippen molar-refractivity contribution in [1.29, 1.82) is 0 Å². The number of halogens is 1. The number of hydrogen-bond acceptors (Lipinski definition) is 4. The standard InChI is InChI=1S/C32H30BrNO5/c1-2-3-19-38-29-18-17-24(33)21-27(29)31(35)34-28(32(36)37)20-22-13-15-23(16-14-22)26-11-7-8-12-30(26)39-25-9-5-4-6-10-25/h4-18,21,28H,2-3,19-20H2,1H3,(H,34,35)(H,36,37). The maximum absolute atomic E-state index is 13.1. The Bertz CT molecular complexity index is 1410. The fourth-order valence-electron chi connectivity index (χ4n) is 4.03. The van der Waals surface area contributed by atoms with Crippen LogP contribution in [0.1, 0.15) is 35.7 Å². The molecule has 1 amide bonds. The zero-order valence-electron chi connectivity index (χ0n) is 21.6. The minimum Gasteiger partial charge on any atom is -0.493 e. The molecule has 0 fully saturated rings. The third-order valence-electron chi connectivity index (χ3n) is 6.11. The summed E-state index contributed by atoms with van der Waals surface area (Å²) >= 11 is 3.38. The van der Waals surface area contributed by atoms with Crippen LogP contribution in [0.15, 0.2) is 102 Å². The first-order valence-corrected chi connectivity index (χ1v) is 13.6. The molecule has 0 aliphatic carbocycles. The van der Waals surface area contributed by atoms with Crippen molar-refractivity contribution < 1.29 is 24.2 Å². The van der Waals surface area contributed by atoms with E-state index in [9.17, 15) is 14.7 Å². The first-order chi connectivity index (χ1) is 18.9. The Morgan fingerprint density at radius 2 is 1.62 bits per heavy atom. The lowest BCUT2D eigenvalue weighted by Gasteiger charge is -2.17. The Labute approximate surface area is 236 Å². The van der Waals surface area contributed by atoms with Gasteiger partial charge in [-0.3, -0.25) is 4.79 Å². The average Bonchev–Trinajstić information content (AvgIpc) is 2.95. The number of carbonyl (C=O) groups is 2. The zero-order chi connectivity index (χ0) is 27.6. The lowest BCUT2D eigenvalue weighted by atomic mass is 9.99. The molecule has 7 heteroatoms. The average molecular weight is 588 g/mol. The van der Waals surface area contributed by atoms with E-state index >= 15 is 0 Å². The molecule has 1 atom stereocenters. The Balaban J connectivity index is 1.48. The van der Waals surface area contributed by atoms with Crippen molar-refractivity contribution in [2.75, 3.05) is 6.61 Å². The van der Waals surface area contributed by atoms with Crippen LogP contribution < -0.4 is 14.8 Å². The predicted molar refractivity (Wildman–Crippen MR) is 156 cm³/mol. The van der Waals surface area contributed by atoms with Gasteiger partial charge < -0.3 is 19.9 Å². The van der Waals surface area contributed by atoms with Gasteiger partial charge in [-0.1, -0.05) is 89.9 Å². The van der Waals surface area contributed by atoms with Gasteiger partial charge >= 0.3 is 5.97 Å². The highest BCUT2D eigenvalue weighted by atomic mass is 79.9. The van der Waals surface area contributed by atoms with Crippen molar-refractivity contribution in [3.05, 3.63) is 113 Å². The van der Waals surface area contributed by atoms with Crippen molar-refractivity contribution in [2.24, 2.45) is 0 Å². The third kappa shape index (κ3) is 7.71. The summed E-state index contributed by atoms with van der Waals surface area (Å²) in [6.07, 6.45) is 1.95. The van der Waals surface area contributed by atoms with Crippen LogP contribution in [0.2, 0.25) is 0 Å². The van der Waals surface area contributed by atoms with Crippen LogP contribution in [0.5, 0.6) is 17.2 Å². The van der Waals surface area contributed by atoms with Crippen molar-refractivity contribution in [1.82, 2.24) is 5.32 Å². The number of carboxylic acids is 1. The smallest absolute Gasteiger partial charge is 0.326 e. The second-order valence-electron chi connectivity index (χ2n) is 9.02. The molecule has 0 radical (unpaired) electrons. The largest absolute Gasteiger partial charge is 0.493 e. The zero-order valence-corrected chi connectivity index (χ0v) is 23.2. The van der Waals surface area contributed by atoms with Gasteiger partial charge in [0, 0.05) is 16.5 Å². The molecule has 0 saturated heterocycles. The Morgan fingerprint density at radius 3 is 2.33 bits per heavy atom. The Kier molecular flexibility index (Phi) is 9.75. The highest BCUT2D eigenvalue weighted by Gasteiger charge is 2.23. The summed E-state index contributed by atoms with van der Waals surface area (Å²) in [5.74, 6) is 0.273. The minimum absolute atomic E-state index is 0.129. The van der Waals surface area contributed by atoms with E-state index in [1.165, 1.54) is 0 Å². The van der Waals surface area contributed by atoms with E-state index in [1.807, 2.05) is 78.9 Å². The molecule has 0 saturated carbocycles. The quantitative estimate of drug-likeness (QED) is 0.167. The monoisotopic (exact) mass is 587 g/mol. The summed E-state index contributed by atoms with van der Waals surface area (Å²) in [6, 6.07) is 28.9. The molecule has 0 bridgehead atoms. The van der Waals surface area contributed by atoms with Gasteiger partial charge in [-0.05, 0) is 53.9 Å². The number of para-hydroxylation sites is 2. The number of amides is 1. The van der Waals surface area contributed by atoms with Crippen molar-refractivity contribution in [3.63, 3.8) is 0 Å². The molecule has 1 unspecified atom stereocenters. The summed E-state index contributed by atoms with van der Waals surface area (Å²) < 4.78 is 12.6. The highest BCUT2D eigenvalue weighted by Crippen LogP contribution is 2.33. The highest BCUT2D eigenvalue weighted by molar-refractivity contribution is 9.10. The van der Waals surface area contributed by atoms with Crippen LogP contribution in [0.3, 0.4) is 0 Å². The molecular formula is C32H30BrNO5. The maximum atomic E-state index is 13.1. The van der Waals surface area contributed by atoms with Gasteiger partial charge in [0.25, 0.3) is 5.91 Å². The van der Waals surface area contributed by atoms with Crippen molar-refractivity contribution >= 4 is 27.8 Å². The number of unbranched alkanes of at least 4 members (excludes halogenated alkanes) is 1. The number of aliphatic carboxylic acids is 1. The van der Waals surface area contributed by atoms with Gasteiger partial charge in [0.05, 0.1) is 12.2 Å². The summed E-state index contributed by atoms with van der Waals surface area (Å²) in [6.45, 7) is 2.53. The van der Waals surface area contributed by atoms with Crippen LogP contribution in [-0.2, 0) is 11.2 Å². The number of carbonyl (C=O) groups excluding carboxylic acids is 1. The summed E-state index contributed by atoms with van der Waals surface area (Å²) in [5.41, 5.74) is 2.92. The molecule has 39 heavy (non-hydrogen) atoms. The van der Waals surface area contributed by atoms with Crippen molar-refractivity contribution in [2.45, 2.75) is 32.2 Å². The molecule has 0 heterocycles. The second-order valence-corrected chi connectivity index (χ2v) is 9.93. The van der Waals surface area contributed by atoms with Gasteiger partial charge in [0.15, 0.2) is 0 Å². The topological polar surface area (TPSA) is 84.9 Å². The van der Waals surface area contributed by atoms with Crippen LogP contribution in [-0.4, -0.2) is 29.6 Å². The fourth-order valence-corrected chi connectivity index (χ4v) is 4.39. The minimum atomic E-state index is -1.11. The van der Waals surface area contributed by atoms with E-state index in [-0.39, 0.29) is 12.0 Å².